The largest absolute Gasteiger partial charge is 0.493 e. The summed E-state index contributed by atoms with van der Waals surface area (Å²) in [7, 11) is 1.49. The lowest BCUT2D eigenvalue weighted by molar-refractivity contribution is -0.141. The molecule has 138 valence electrons. The minimum absolute atomic E-state index is 0.0799. The van der Waals surface area contributed by atoms with Crippen LogP contribution in [0.2, 0.25) is 0 Å². The Morgan fingerprint density at radius 1 is 1.38 bits per heavy atom. The number of hydrogen-bond donors (Lipinski definition) is 1. The zero-order valence-electron chi connectivity index (χ0n) is 14.0. The number of rotatable bonds is 3. The second kappa shape index (κ2) is 6.86. The lowest BCUT2D eigenvalue weighted by Gasteiger charge is -2.30. The maximum atomic E-state index is 12.9. The van der Waals surface area contributed by atoms with Crippen molar-refractivity contribution in [2.24, 2.45) is 0 Å². The molecule has 8 heteroatoms. The quantitative estimate of drug-likeness (QED) is 0.882. The van der Waals surface area contributed by atoms with Gasteiger partial charge in [0.15, 0.2) is 0 Å². The van der Waals surface area contributed by atoms with Gasteiger partial charge in [-0.05, 0) is 29.7 Å². The molecule has 5 nitrogen and oxygen atoms in total. The summed E-state index contributed by atoms with van der Waals surface area (Å²) < 4.78 is 44.6. The molecule has 3 rings (SSSR count). The number of para-hydroxylation sites is 1. The standard InChI is InChI=1S/C18H17F3N2O3/c1-23(17(24)25)10-12-6-8-26-16-13(3-2-4-14(12)16)11-5-7-22-15(9-11)18(19,20)21/h2-5,7,9,12H,6,8,10H2,1H3,(H,24,25)/t12-/m0/s1. The second-order valence-electron chi connectivity index (χ2n) is 6.15. The van der Waals surface area contributed by atoms with Gasteiger partial charge in [-0.2, -0.15) is 13.2 Å². The third-order valence-corrected chi connectivity index (χ3v) is 4.38. The van der Waals surface area contributed by atoms with Crippen molar-refractivity contribution in [3.05, 3.63) is 47.8 Å². The Hall–Kier alpha value is -2.77. The molecule has 0 aliphatic carbocycles. The van der Waals surface area contributed by atoms with Crippen LogP contribution in [-0.4, -0.2) is 41.3 Å². The van der Waals surface area contributed by atoms with Gasteiger partial charge in [0, 0.05) is 31.3 Å². The van der Waals surface area contributed by atoms with Crippen molar-refractivity contribution >= 4 is 6.09 Å². The van der Waals surface area contributed by atoms with Gasteiger partial charge in [-0.25, -0.2) is 4.79 Å². The third kappa shape index (κ3) is 3.58. The van der Waals surface area contributed by atoms with Crippen LogP contribution in [0.4, 0.5) is 18.0 Å². The van der Waals surface area contributed by atoms with E-state index in [2.05, 4.69) is 4.98 Å². The SMILES string of the molecule is CN(C[C@@H]1CCOc2c(-c3ccnc(C(F)(F)F)c3)cccc21)C(=O)O. The zero-order chi connectivity index (χ0) is 18.9. The average Bonchev–Trinajstić information content (AvgIpc) is 2.61. The molecule has 1 aromatic heterocycles. The fourth-order valence-electron chi connectivity index (χ4n) is 3.07. The highest BCUT2D eigenvalue weighted by molar-refractivity contribution is 5.73. The number of nitrogens with zero attached hydrogens (tertiary/aromatic N) is 2. The minimum atomic E-state index is -4.53. The number of carboxylic acid groups (broad SMARTS) is 1. The predicted molar refractivity (Wildman–Crippen MR) is 88.2 cm³/mol. The Kier molecular flexibility index (Phi) is 4.76. The number of benzene rings is 1. The number of carbonyl (C=O) groups is 1. The van der Waals surface area contributed by atoms with E-state index in [4.69, 9.17) is 9.84 Å². The molecule has 1 aliphatic heterocycles. The van der Waals surface area contributed by atoms with Gasteiger partial charge in [0.1, 0.15) is 11.4 Å². The maximum Gasteiger partial charge on any atom is 0.433 e. The highest BCUT2D eigenvalue weighted by Crippen LogP contribution is 2.42. The van der Waals surface area contributed by atoms with Gasteiger partial charge in [0.2, 0.25) is 0 Å². The van der Waals surface area contributed by atoms with E-state index >= 15 is 0 Å². The predicted octanol–water partition coefficient (Wildman–Crippen LogP) is 4.24. The van der Waals surface area contributed by atoms with Crippen molar-refractivity contribution in [2.45, 2.75) is 18.5 Å². The van der Waals surface area contributed by atoms with Gasteiger partial charge >= 0.3 is 12.3 Å². The summed E-state index contributed by atoms with van der Waals surface area (Å²) in [5.41, 5.74) is 0.729. The summed E-state index contributed by atoms with van der Waals surface area (Å²) in [6, 6.07) is 7.75. The number of pyridine rings is 1. The molecule has 1 atom stereocenters. The molecule has 0 bridgehead atoms. The Morgan fingerprint density at radius 2 is 2.15 bits per heavy atom. The Bertz CT molecular complexity index is 824. The van der Waals surface area contributed by atoms with Crippen molar-refractivity contribution in [2.75, 3.05) is 20.2 Å². The smallest absolute Gasteiger partial charge is 0.433 e. The second-order valence-corrected chi connectivity index (χ2v) is 6.15. The summed E-state index contributed by atoms with van der Waals surface area (Å²) in [6.07, 6.45) is -3.80. The van der Waals surface area contributed by atoms with Crippen molar-refractivity contribution in [3.63, 3.8) is 0 Å². The Morgan fingerprint density at radius 3 is 2.85 bits per heavy atom. The van der Waals surface area contributed by atoms with Crippen LogP contribution in [0.25, 0.3) is 11.1 Å². The van der Waals surface area contributed by atoms with Crippen LogP contribution in [0.5, 0.6) is 5.75 Å². The lowest BCUT2D eigenvalue weighted by atomic mass is 9.89. The number of likely N-dealkylation sites (N-methyl/N-ethyl adjacent to an activating group) is 1. The van der Waals surface area contributed by atoms with Crippen molar-refractivity contribution in [1.29, 1.82) is 0 Å². The van der Waals surface area contributed by atoms with Gasteiger partial charge < -0.3 is 14.7 Å². The molecule has 0 saturated carbocycles. The number of fused-ring (bicyclic) bond motifs is 1. The number of halogens is 3. The summed E-state index contributed by atoms with van der Waals surface area (Å²) >= 11 is 0. The first-order chi connectivity index (χ1) is 12.3. The van der Waals surface area contributed by atoms with Crippen molar-refractivity contribution in [3.8, 4) is 16.9 Å². The Labute approximate surface area is 148 Å². The lowest BCUT2D eigenvalue weighted by Crippen LogP contribution is -2.31. The van der Waals surface area contributed by atoms with Gasteiger partial charge in [0.25, 0.3) is 0 Å². The minimum Gasteiger partial charge on any atom is -0.493 e. The summed E-state index contributed by atoms with van der Waals surface area (Å²) in [5, 5.41) is 9.08. The molecule has 1 aliphatic rings. The van der Waals surface area contributed by atoms with Crippen LogP contribution in [0, 0.1) is 0 Å². The molecule has 0 saturated heterocycles. The van der Waals surface area contributed by atoms with Gasteiger partial charge in [-0.15, -0.1) is 0 Å². The van der Waals surface area contributed by atoms with Gasteiger partial charge in [0.05, 0.1) is 6.61 Å². The van der Waals surface area contributed by atoms with Gasteiger partial charge in [-0.1, -0.05) is 18.2 Å². The first-order valence-electron chi connectivity index (χ1n) is 8.00. The van der Waals surface area contributed by atoms with E-state index in [-0.39, 0.29) is 5.92 Å². The van der Waals surface area contributed by atoms with Crippen LogP contribution >= 0.6 is 0 Å². The zero-order valence-corrected chi connectivity index (χ0v) is 14.0. The van der Waals surface area contributed by atoms with E-state index in [9.17, 15) is 18.0 Å². The van der Waals surface area contributed by atoms with Crippen molar-refractivity contribution < 1.29 is 27.8 Å². The Balaban J connectivity index is 2.00. The first kappa shape index (κ1) is 18.0. The third-order valence-electron chi connectivity index (χ3n) is 4.38. The fraction of sp³-hybridized carbons (Fsp3) is 0.333. The summed E-state index contributed by atoms with van der Waals surface area (Å²) in [6.45, 7) is 0.665. The van der Waals surface area contributed by atoms with Crippen LogP contribution < -0.4 is 4.74 Å². The normalized spacial score (nSPS) is 16.5. The molecule has 26 heavy (non-hydrogen) atoms. The molecule has 2 heterocycles. The monoisotopic (exact) mass is 366 g/mol. The molecule has 0 spiro atoms. The molecule has 0 unspecified atom stereocenters. The number of aromatic nitrogens is 1. The highest BCUT2D eigenvalue weighted by Gasteiger charge is 2.33. The average molecular weight is 366 g/mol. The van der Waals surface area contributed by atoms with E-state index in [1.165, 1.54) is 18.0 Å². The number of hydrogen-bond acceptors (Lipinski definition) is 3. The van der Waals surface area contributed by atoms with Crippen LogP contribution in [0.15, 0.2) is 36.5 Å². The molecule has 0 radical (unpaired) electrons. The van der Waals surface area contributed by atoms with Crippen LogP contribution in [-0.2, 0) is 6.18 Å². The van der Waals surface area contributed by atoms with Gasteiger partial charge in [-0.3, -0.25) is 4.98 Å². The summed E-state index contributed by atoms with van der Waals surface area (Å²) in [4.78, 5) is 15.7. The molecule has 1 N–H and O–H groups in total. The molecular formula is C18H17F3N2O3. The maximum absolute atomic E-state index is 12.9. The summed E-state index contributed by atoms with van der Waals surface area (Å²) in [5.74, 6) is 0.422. The van der Waals surface area contributed by atoms with E-state index in [1.54, 1.807) is 12.1 Å². The molecular weight excluding hydrogens is 349 g/mol. The topological polar surface area (TPSA) is 62.7 Å². The molecule has 2 aromatic rings. The van der Waals surface area contributed by atoms with Crippen molar-refractivity contribution in [1.82, 2.24) is 9.88 Å². The van der Waals surface area contributed by atoms with E-state index in [0.717, 1.165) is 17.8 Å². The number of alkyl halides is 3. The van der Waals surface area contributed by atoms with E-state index < -0.39 is 18.0 Å². The first-order valence-corrected chi connectivity index (χ1v) is 8.00. The number of ether oxygens (including phenoxy) is 1. The molecule has 1 amide bonds. The molecule has 1 aromatic carbocycles. The number of amides is 1. The fourth-order valence-corrected chi connectivity index (χ4v) is 3.07. The highest BCUT2D eigenvalue weighted by atomic mass is 19.4. The van der Waals surface area contributed by atoms with E-state index in [1.807, 2.05) is 6.07 Å². The van der Waals surface area contributed by atoms with Crippen LogP contribution in [0.3, 0.4) is 0 Å². The molecule has 0 fully saturated rings. The van der Waals surface area contributed by atoms with Crippen LogP contribution in [0.1, 0.15) is 23.6 Å². The van der Waals surface area contributed by atoms with E-state index in [0.29, 0.717) is 36.4 Å².